The zero-order valence-electron chi connectivity index (χ0n) is 12.2. The van der Waals surface area contributed by atoms with Crippen LogP contribution in [0, 0.1) is 13.8 Å². The number of rotatable bonds is 2. The lowest BCUT2D eigenvalue weighted by Gasteiger charge is -2.23. The fraction of sp³-hybridized carbons (Fsp3) is 0.412. The second kappa shape index (κ2) is 5.61. The van der Waals surface area contributed by atoms with Gasteiger partial charge in [0.1, 0.15) is 5.76 Å². The quantitative estimate of drug-likeness (QED) is 0.509. The van der Waals surface area contributed by atoms with E-state index < -0.39 is 0 Å². The summed E-state index contributed by atoms with van der Waals surface area (Å²) in [4.78, 5) is 24.2. The van der Waals surface area contributed by atoms with Gasteiger partial charge in [0.25, 0.3) is 0 Å². The summed E-state index contributed by atoms with van der Waals surface area (Å²) in [5, 5.41) is 9.70. The highest BCUT2D eigenvalue weighted by molar-refractivity contribution is 6.22. The van der Waals surface area contributed by atoms with Crippen molar-refractivity contribution in [1.29, 1.82) is 0 Å². The third kappa shape index (κ3) is 2.67. The number of Topliss-reactive ketones (excluding diaryl/α,β-unsaturated/α-hetero) is 2. The second-order valence-electron chi connectivity index (χ2n) is 5.47. The van der Waals surface area contributed by atoms with Crippen LogP contribution in [0.1, 0.15) is 48.8 Å². The smallest absolute Gasteiger partial charge is 0.170 e. The summed E-state index contributed by atoms with van der Waals surface area (Å²) < 4.78 is 0. The Hall–Kier alpha value is -1.90. The maximum Gasteiger partial charge on any atom is 0.170 e. The molecule has 1 fully saturated rings. The van der Waals surface area contributed by atoms with Gasteiger partial charge in [-0.3, -0.25) is 9.59 Å². The maximum absolute atomic E-state index is 12.1. The molecule has 1 aliphatic carbocycles. The first-order valence-electron chi connectivity index (χ1n) is 6.99. The van der Waals surface area contributed by atoms with E-state index in [2.05, 4.69) is 6.07 Å². The topological polar surface area (TPSA) is 54.4 Å². The molecule has 0 radical (unpaired) electrons. The molecule has 20 heavy (non-hydrogen) atoms. The maximum atomic E-state index is 12.1. The molecule has 1 N–H and O–H groups in total. The SMILES string of the molecule is CCC(O)=C1C(=O)CC(c2ccc(C)c(C)c2)CC1=O. The van der Waals surface area contributed by atoms with Crippen LogP contribution >= 0.6 is 0 Å². The van der Waals surface area contributed by atoms with E-state index in [1.165, 1.54) is 11.1 Å². The molecule has 1 aromatic rings. The first-order valence-corrected chi connectivity index (χ1v) is 6.99. The van der Waals surface area contributed by atoms with Gasteiger partial charge in [-0.25, -0.2) is 0 Å². The Morgan fingerprint density at radius 1 is 1.15 bits per heavy atom. The highest BCUT2D eigenvalue weighted by Gasteiger charge is 2.33. The van der Waals surface area contributed by atoms with Gasteiger partial charge >= 0.3 is 0 Å². The van der Waals surface area contributed by atoms with Crippen molar-refractivity contribution < 1.29 is 14.7 Å². The van der Waals surface area contributed by atoms with Crippen LogP contribution in [0.15, 0.2) is 29.5 Å². The van der Waals surface area contributed by atoms with Crippen molar-refractivity contribution in [2.45, 2.75) is 46.0 Å². The number of carbonyl (C=O) groups excluding carboxylic acids is 2. The molecule has 0 aliphatic heterocycles. The minimum absolute atomic E-state index is 0.0209. The van der Waals surface area contributed by atoms with E-state index in [0.29, 0.717) is 19.3 Å². The number of aliphatic hydroxyl groups excluding tert-OH is 1. The lowest BCUT2D eigenvalue weighted by Crippen LogP contribution is -2.26. The van der Waals surface area contributed by atoms with E-state index in [9.17, 15) is 14.7 Å². The first kappa shape index (κ1) is 14.5. The van der Waals surface area contributed by atoms with Gasteiger partial charge in [0.2, 0.25) is 0 Å². The average molecular weight is 272 g/mol. The Morgan fingerprint density at radius 3 is 2.25 bits per heavy atom. The molecular weight excluding hydrogens is 252 g/mol. The Kier molecular flexibility index (Phi) is 4.07. The number of aliphatic hydroxyl groups is 1. The third-order valence-corrected chi connectivity index (χ3v) is 4.05. The second-order valence-corrected chi connectivity index (χ2v) is 5.47. The van der Waals surface area contributed by atoms with Crippen LogP contribution in [0.3, 0.4) is 0 Å². The molecular formula is C17H20O3. The van der Waals surface area contributed by atoms with Gasteiger partial charge in [-0.15, -0.1) is 0 Å². The minimum Gasteiger partial charge on any atom is -0.511 e. The minimum atomic E-state index is -0.233. The number of carbonyl (C=O) groups is 2. The Morgan fingerprint density at radius 2 is 1.75 bits per heavy atom. The summed E-state index contributed by atoms with van der Waals surface area (Å²) >= 11 is 0. The third-order valence-electron chi connectivity index (χ3n) is 4.05. The summed E-state index contributed by atoms with van der Waals surface area (Å²) in [6.07, 6.45) is 0.919. The van der Waals surface area contributed by atoms with E-state index >= 15 is 0 Å². The zero-order valence-corrected chi connectivity index (χ0v) is 12.2. The molecule has 0 amide bonds. The van der Waals surface area contributed by atoms with Gasteiger partial charge in [0.05, 0.1) is 5.57 Å². The lowest BCUT2D eigenvalue weighted by atomic mass is 9.79. The summed E-state index contributed by atoms with van der Waals surface area (Å²) in [7, 11) is 0. The Bertz CT molecular complexity index is 576. The van der Waals surface area contributed by atoms with Gasteiger partial charge < -0.3 is 5.11 Å². The summed E-state index contributed by atoms with van der Waals surface area (Å²) in [6.45, 7) is 5.80. The van der Waals surface area contributed by atoms with Crippen molar-refractivity contribution in [3.05, 3.63) is 46.2 Å². The fourth-order valence-electron chi connectivity index (χ4n) is 2.63. The molecule has 106 valence electrons. The van der Waals surface area contributed by atoms with Gasteiger partial charge in [0, 0.05) is 19.3 Å². The van der Waals surface area contributed by atoms with Crippen LogP contribution in [-0.2, 0) is 9.59 Å². The highest BCUT2D eigenvalue weighted by atomic mass is 16.3. The normalized spacial score (nSPS) is 19.4. The van der Waals surface area contributed by atoms with E-state index in [0.717, 1.165) is 5.56 Å². The summed E-state index contributed by atoms with van der Waals surface area (Å²) in [5.74, 6) is -0.603. The number of allylic oxidation sites excluding steroid dienone is 2. The van der Waals surface area contributed by atoms with Crippen LogP contribution in [0.2, 0.25) is 0 Å². The number of ketones is 2. The molecule has 0 spiro atoms. The number of hydrogen-bond acceptors (Lipinski definition) is 3. The Balaban J connectivity index is 2.29. The van der Waals surface area contributed by atoms with Crippen molar-refractivity contribution in [2.75, 3.05) is 0 Å². The molecule has 0 aromatic heterocycles. The summed E-state index contributed by atoms with van der Waals surface area (Å²) in [5.41, 5.74) is 3.42. The van der Waals surface area contributed by atoms with Crippen molar-refractivity contribution in [1.82, 2.24) is 0 Å². The molecule has 0 bridgehead atoms. The molecule has 2 rings (SSSR count). The van der Waals surface area contributed by atoms with Crippen LogP contribution in [-0.4, -0.2) is 16.7 Å². The molecule has 1 aromatic carbocycles. The summed E-state index contributed by atoms with van der Waals surface area (Å²) in [6, 6.07) is 6.06. The van der Waals surface area contributed by atoms with Crippen molar-refractivity contribution in [3.8, 4) is 0 Å². The predicted molar refractivity (Wildman–Crippen MR) is 77.9 cm³/mol. The van der Waals surface area contributed by atoms with Gasteiger partial charge in [-0.1, -0.05) is 25.1 Å². The van der Waals surface area contributed by atoms with E-state index in [4.69, 9.17) is 0 Å². The van der Waals surface area contributed by atoms with Crippen LogP contribution < -0.4 is 0 Å². The predicted octanol–water partition coefficient (Wildman–Crippen LogP) is 3.54. The number of hydrogen-bond donors (Lipinski definition) is 1. The fourth-order valence-corrected chi connectivity index (χ4v) is 2.63. The van der Waals surface area contributed by atoms with Crippen molar-refractivity contribution in [3.63, 3.8) is 0 Å². The molecule has 1 aliphatic rings. The van der Waals surface area contributed by atoms with Gasteiger partial charge in [-0.05, 0) is 36.5 Å². The van der Waals surface area contributed by atoms with E-state index in [-0.39, 0.29) is 28.8 Å². The highest BCUT2D eigenvalue weighted by Crippen LogP contribution is 2.33. The van der Waals surface area contributed by atoms with Crippen LogP contribution in [0.4, 0.5) is 0 Å². The van der Waals surface area contributed by atoms with E-state index in [1.54, 1.807) is 6.92 Å². The standard InChI is InChI=1S/C17H20O3/c1-4-14(18)17-15(19)8-13(9-16(17)20)12-6-5-10(2)11(3)7-12/h5-7,13,18H,4,8-9H2,1-3H3. The van der Waals surface area contributed by atoms with Crippen LogP contribution in [0.25, 0.3) is 0 Å². The van der Waals surface area contributed by atoms with Gasteiger partial charge in [0.15, 0.2) is 11.6 Å². The largest absolute Gasteiger partial charge is 0.511 e. The average Bonchev–Trinajstić information content (AvgIpc) is 2.40. The zero-order chi connectivity index (χ0) is 14.9. The molecule has 0 unspecified atom stereocenters. The number of benzene rings is 1. The molecule has 3 heteroatoms. The molecule has 0 heterocycles. The number of aryl methyl sites for hydroxylation is 2. The molecule has 0 atom stereocenters. The molecule has 1 saturated carbocycles. The first-order chi connectivity index (χ1) is 9.43. The van der Waals surface area contributed by atoms with Crippen molar-refractivity contribution in [2.24, 2.45) is 0 Å². The van der Waals surface area contributed by atoms with Gasteiger partial charge in [-0.2, -0.15) is 0 Å². The van der Waals surface area contributed by atoms with Crippen LogP contribution in [0.5, 0.6) is 0 Å². The Labute approximate surface area is 119 Å². The lowest BCUT2D eigenvalue weighted by molar-refractivity contribution is -0.124. The molecule has 3 nitrogen and oxygen atoms in total. The van der Waals surface area contributed by atoms with E-state index in [1.807, 2.05) is 26.0 Å². The molecule has 0 saturated heterocycles. The monoisotopic (exact) mass is 272 g/mol. The van der Waals surface area contributed by atoms with Crippen molar-refractivity contribution >= 4 is 11.6 Å².